The Morgan fingerprint density at radius 1 is 1.24 bits per heavy atom. The first kappa shape index (κ1) is 13.9. The van der Waals surface area contributed by atoms with E-state index in [1.165, 1.54) is 0 Å². The van der Waals surface area contributed by atoms with E-state index in [9.17, 15) is 9.90 Å². The van der Waals surface area contributed by atoms with Crippen LogP contribution < -0.4 is 10.6 Å². The van der Waals surface area contributed by atoms with Crippen LogP contribution in [0.4, 0.5) is 5.69 Å². The number of carbonyl (C=O) groups is 1. The predicted octanol–water partition coefficient (Wildman–Crippen LogP) is 2.87. The molecule has 0 spiro atoms. The second-order valence-corrected chi connectivity index (χ2v) is 5.97. The van der Waals surface area contributed by atoms with Crippen LogP contribution in [-0.4, -0.2) is 24.1 Å². The fourth-order valence-electron chi connectivity index (χ4n) is 2.93. The SMILES string of the molecule is CC1(C(=O)Nc2cccc3c(O)cccc23)CCCNC1. The van der Waals surface area contributed by atoms with Gasteiger partial charge in [-0.15, -0.1) is 0 Å². The first-order chi connectivity index (χ1) is 10.1. The van der Waals surface area contributed by atoms with Crippen LogP contribution in [0.1, 0.15) is 19.8 Å². The summed E-state index contributed by atoms with van der Waals surface area (Å²) in [7, 11) is 0. The van der Waals surface area contributed by atoms with E-state index in [4.69, 9.17) is 0 Å². The molecule has 2 aromatic rings. The molecule has 1 fully saturated rings. The smallest absolute Gasteiger partial charge is 0.231 e. The number of amides is 1. The van der Waals surface area contributed by atoms with E-state index < -0.39 is 0 Å². The number of phenols is 1. The maximum absolute atomic E-state index is 12.6. The van der Waals surface area contributed by atoms with E-state index in [1.54, 1.807) is 12.1 Å². The van der Waals surface area contributed by atoms with E-state index in [1.807, 2.05) is 31.2 Å². The van der Waals surface area contributed by atoms with Gasteiger partial charge in [0.05, 0.1) is 5.41 Å². The van der Waals surface area contributed by atoms with Gasteiger partial charge in [-0.3, -0.25) is 4.79 Å². The minimum absolute atomic E-state index is 0.0329. The zero-order valence-electron chi connectivity index (χ0n) is 12.1. The van der Waals surface area contributed by atoms with Crippen molar-refractivity contribution in [2.45, 2.75) is 19.8 Å². The Labute approximate surface area is 124 Å². The molecular formula is C17H20N2O2. The summed E-state index contributed by atoms with van der Waals surface area (Å²) in [5, 5.41) is 17.8. The highest BCUT2D eigenvalue weighted by Gasteiger charge is 2.34. The highest BCUT2D eigenvalue weighted by atomic mass is 16.3. The molecular weight excluding hydrogens is 264 g/mol. The monoisotopic (exact) mass is 284 g/mol. The van der Waals surface area contributed by atoms with Gasteiger partial charge in [0.1, 0.15) is 5.75 Å². The van der Waals surface area contributed by atoms with Crippen molar-refractivity contribution in [3.05, 3.63) is 36.4 Å². The van der Waals surface area contributed by atoms with Crippen LogP contribution in [0.3, 0.4) is 0 Å². The predicted molar refractivity (Wildman–Crippen MR) is 84.5 cm³/mol. The number of nitrogens with one attached hydrogen (secondary N) is 2. The Morgan fingerprint density at radius 3 is 2.76 bits per heavy atom. The lowest BCUT2D eigenvalue weighted by Crippen LogP contribution is -2.46. The summed E-state index contributed by atoms with van der Waals surface area (Å²) in [4.78, 5) is 12.6. The van der Waals surface area contributed by atoms with Crippen LogP contribution in [0.25, 0.3) is 10.8 Å². The molecule has 0 bridgehead atoms. The van der Waals surface area contributed by atoms with Crippen molar-refractivity contribution in [2.75, 3.05) is 18.4 Å². The summed E-state index contributed by atoms with van der Waals surface area (Å²) >= 11 is 0. The molecule has 3 N–H and O–H groups in total. The van der Waals surface area contributed by atoms with Gasteiger partial charge in [0.2, 0.25) is 5.91 Å². The number of aromatic hydroxyl groups is 1. The zero-order chi connectivity index (χ0) is 14.9. The molecule has 21 heavy (non-hydrogen) atoms. The lowest BCUT2D eigenvalue weighted by atomic mass is 9.82. The van der Waals surface area contributed by atoms with Crippen molar-refractivity contribution in [3.63, 3.8) is 0 Å². The van der Waals surface area contributed by atoms with Gasteiger partial charge in [-0.05, 0) is 38.4 Å². The fraction of sp³-hybridized carbons (Fsp3) is 0.353. The summed E-state index contributed by atoms with van der Waals surface area (Å²) < 4.78 is 0. The first-order valence-electron chi connectivity index (χ1n) is 7.33. The average molecular weight is 284 g/mol. The normalized spacial score (nSPS) is 22.1. The molecule has 110 valence electrons. The van der Waals surface area contributed by atoms with Gasteiger partial charge < -0.3 is 15.7 Å². The number of hydrogen-bond donors (Lipinski definition) is 3. The molecule has 1 unspecified atom stereocenters. The number of anilines is 1. The Hall–Kier alpha value is -2.07. The highest BCUT2D eigenvalue weighted by Crippen LogP contribution is 2.32. The molecule has 2 aromatic carbocycles. The van der Waals surface area contributed by atoms with Crippen molar-refractivity contribution in [3.8, 4) is 5.75 Å². The van der Waals surface area contributed by atoms with Crippen molar-refractivity contribution >= 4 is 22.4 Å². The Kier molecular flexibility index (Phi) is 3.55. The summed E-state index contributed by atoms with van der Waals surface area (Å²) in [6, 6.07) is 10.9. The summed E-state index contributed by atoms with van der Waals surface area (Å²) in [5.41, 5.74) is 0.372. The van der Waals surface area contributed by atoms with Crippen LogP contribution in [-0.2, 0) is 4.79 Å². The van der Waals surface area contributed by atoms with Crippen LogP contribution >= 0.6 is 0 Å². The third kappa shape index (κ3) is 2.59. The van der Waals surface area contributed by atoms with Gasteiger partial charge in [-0.1, -0.05) is 24.3 Å². The summed E-state index contributed by atoms with van der Waals surface area (Å²) in [6.07, 6.45) is 1.90. The third-order valence-corrected chi connectivity index (χ3v) is 4.29. The Balaban J connectivity index is 1.91. The van der Waals surface area contributed by atoms with E-state index in [0.717, 1.165) is 35.8 Å². The van der Waals surface area contributed by atoms with E-state index in [0.29, 0.717) is 6.54 Å². The fourth-order valence-corrected chi connectivity index (χ4v) is 2.93. The number of carbonyl (C=O) groups excluding carboxylic acids is 1. The molecule has 0 aromatic heterocycles. The average Bonchev–Trinajstić information content (AvgIpc) is 2.49. The maximum atomic E-state index is 12.6. The quantitative estimate of drug-likeness (QED) is 0.794. The van der Waals surface area contributed by atoms with E-state index in [-0.39, 0.29) is 17.1 Å². The molecule has 4 heteroatoms. The molecule has 1 amide bonds. The van der Waals surface area contributed by atoms with Gasteiger partial charge in [-0.25, -0.2) is 0 Å². The van der Waals surface area contributed by atoms with E-state index >= 15 is 0 Å². The zero-order valence-corrected chi connectivity index (χ0v) is 12.1. The van der Waals surface area contributed by atoms with Crippen molar-refractivity contribution in [1.29, 1.82) is 0 Å². The summed E-state index contributed by atoms with van der Waals surface area (Å²) in [5.74, 6) is 0.264. The van der Waals surface area contributed by atoms with Crippen molar-refractivity contribution in [1.82, 2.24) is 5.32 Å². The third-order valence-electron chi connectivity index (χ3n) is 4.29. The first-order valence-corrected chi connectivity index (χ1v) is 7.33. The number of hydrogen-bond acceptors (Lipinski definition) is 3. The molecule has 1 saturated heterocycles. The Bertz CT molecular complexity index is 676. The Morgan fingerprint density at radius 2 is 2.00 bits per heavy atom. The minimum atomic E-state index is -0.378. The molecule has 1 atom stereocenters. The molecule has 0 aliphatic carbocycles. The lowest BCUT2D eigenvalue weighted by Gasteiger charge is -2.32. The topological polar surface area (TPSA) is 61.4 Å². The second-order valence-electron chi connectivity index (χ2n) is 5.97. The number of benzene rings is 2. The van der Waals surface area contributed by atoms with Gasteiger partial charge in [0, 0.05) is 23.0 Å². The number of phenolic OH excluding ortho intramolecular Hbond substituents is 1. The molecule has 0 saturated carbocycles. The molecule has 1 aliphatic rings. The number of piperidine rings is 1. The van der Waals surface area contributed by atoms with Gasteiger partial charge in [-0.2, -0.15) is 0 Å². The largest absolute Gasteiger partial charge is 0.507 e. The molecule has 4 nitrogen and oxygen atoms in total. The molecule has 1 heterocycles. The van der Waals surface area contributed by atoms with Gasteiger partial charge in [0.15, 0.2) is 0 Å². The second kappa shape index (κ2) is 5.37. The van der Waals surface area contributed by atoms with Crippen molar-refractivity contribution in [2.24, 2.45) is 5.41 Å². The lowest BCUT2D eigenvalue weighted by molar-refractivity contribution is -0.125. The molecule has 0 radical (unpaired) electrons. The highest BCUT2D eigenvalue weighted by molar-refractivity contribution is 6.05. The number of fused-ring (bicyclic) bond motifs is 1. The van der Waals surface area contributed by atoms with Gasteiger partial charge in [0.25, 0.3) is 0 Å². The van der Waals surface area contributed by atoms with Crippen LogP contribution in [0.5, 0.6) is 5.75 Å². The summed E-state index contributed by atoms with van der Waals surface area (Å²) in [6.45, 7) is 3.68. The number of rotatable bonds is 2. The maximum Gasteiger partial charge on any atom is 0.231 e. The van der Waals surface area contributed by atoms with E-state index in [2.05, 4.69) is 10.6 Å². The van der Waals surface area contributed by atoms with Crippen LogP contribution in [0.15, 0.2) is 36.4 Å². The molecule has 1 aliphatic heterocycles. The molecule has 3 rings (SSSR count). The van der Waals surface area contributed by atoms with Gasteiger partial charge >= 0.3 is 0 Å². The van der Waals surface area contributed by atoms with Crippen molar-refractivity contribution < 1.29 is 9.90 Å². The van der Waals surface area contributed by atoms with Crippen LogP contribution in [0, 0.1) is 5.41 Å². The minimum Gasteiger partial charge on any atom is -0.507 e. The standard InChI is InChI=1S/C17H20N2O2/c1-17(9-4-10-18-11-17)16(21)19-14-7-2-6-13-12(14)5-3-8-15(13)20/h2-3,5-8,18,20H,4,9-11H2,1H3,(H,19,21). The van der Waals surface area contributed by atoms with Crippen LogP contribution in [0.2, 0.25) is 0 Å².